The highest BCUT2D eigenvalue weighted by atomic mass is 16.5. The van der Waals surface area contributed by atoms with Crippen LogP contribution in [-0.4, -0.2) is 31.8 Å². The van der Waals surface area contributed by atoms with E-state index in [1.165, 1.54) is 7.11 Å². The molecule has 0 heterocycles. The fourth-order valence-electron chi connectivity index (χ4n) is 1.28. The number of hydrogen-bond donors (Lipinski definition) is 1. The number of amides is 1. The van der Waals surface area contributed by atoms with Crippen LogP contribution in [0.4, 0.5) is 4.79 Å². The van der Waals surface area contributed by atoms with Crippen molar-refractivity contribution in [3.8, 4) is 0 Å². The highest BCUT2D eigenvalue weighted by Crippen LogP contribution is 2.04. The second kappa shape index (κ2) is 9.93. The molecule has 0 saturated carbocycles. The number of carbonyl (C=O) groups excluding carboxylic acids is 2. The third-order valence-corrected chi connectivity index (χ3v) is 2.35. The first-order chi connectivity index (χ1) is 8.15. The van der Waals surface area contributed by atoms with E-state index in [4.69, 9.17) is 4.74 Å². The molecule has 1 amide bonds. The number of rotatable bonds is 8. The van der Waals surface area contributed by atoms with Gasteiger partial charge >= 0.3 is 12.1 Å². The predicted molar refractivity (Wildman–Crippen MR) is 64.7 cm³/mol. The minimum Gasteiger partial charge on any atom is -0.464 e. The zero-order valence-corrected chi connectivity index (χ0v) is 11.0. The number of esters is 1. The van der Waals surface area contributed by atoms with E-state index in [-0.39, 0.29) is 5.97 Å². The van der Waals surface area contributed by atoms with Crippen LogP contribution in [0.15, 0.2) is 0 Å². The Morgan fingerprint density at radius 1 is 1.18 bits per heavy atom. The molecule has 0 fully saturated rings. The first kappa shape index (κ1) is 15.7. The number of ether oxygens (including phenoxy) is 2. The molecule has 5 heteroatoms. The number of hydrogen-bond acceptors (Lipinski definition) is 4. The molecule has 17 heavy (non-hydrogen) atoms. The van der Waals surface area contributed by atoms with Gasteiger partial charge in [-0.25, -0.2) is 9.59 Å². The molecule has 1 atom stereocenters. The maximum Gasteiger partial charge on any atom is 0.407 e. The normalized spacial score (nSPS) is 11.7. The van der Waals surface area contributed by atoms with E-state index in [0.29, 0.717) is 13.0 Å². The highest BCUT2D eigenvalue weighted by Gasteiger charge is 2.21. The number of methoxy groups -OCH3 is 1. The summed E-state index contributed by atoms with van der Waals surface area (Å²) in [5, 5.41) is 2.49. The van der Waals surface area contributed by atoms with Gasteiger partial charge in [-0.2, -0.15) is 0 Å². The summed E-state index contributed by atoms with van der Waals surface area (Å²) in [4.78, 5) is 22.8. The summed E-state index contributed by atoms with van der Waals surface area (Å²) in [6, 6.07) is -0.598. The number of unbranched alkanes of at least 4 members (excludes halogenated alkanes) is 2. The lowest BCUT2D eigenvalue weighted by Crippen LogP contribution is -2.41. The quantitative estimate of drug-likeness (QED) is 0.526. The molecule has 1 N–H and O–H groups in total. The summed E-state index contributed by atoms with van der Waals surface area (Å²) in [5.74, 6) is -0.377. The van der Waals surface area contributed by atoms with Crippen molar-refractivity contribution < 1.29 is 19.1 Å². The molecule has 0 aliphatic rings. The Morgan fingerprint density at radius 3 is 2.35 bits per heavy atom. The van der Waals surface area contributed by atoms with Crippen molar-refractivity contribution in [2.75, 3.05) is 13.7 Å². The van der Waals surface area contributed by atoms with Crippen molar-refractivity contribution in [1.29, 1.82) is 0 Å². The van der Waals surface area contributed by atoms with E-state index < -0.39 is 12.1 Å². The molecule has 0 bridgehead atoms. The van der Waals surface area contributed by atoms with E-state index in [0.717, 1.165) is 25.7 Å². The first-order valence-corrected chi connectivity index (χ1v) is 6.16. The van der Waals surface area contributed by atoms with Gasteiger partial charge in [-0.3, -0.25) is 0 Å². The molecule has 0 radical (unpaired) electrons. The molecule has 0 rings (SSSR count). The lowest BCUT2D eigenvalue weighted by atomic mass is 10.1. The van der Waals surface area contributed by atoms with Crippen LogP contribution in [0, 0.1) is 0 Å². The minimum atomic E-state index is -0.599. The molecular formula is C12H23NO4. The van der Waals surface area contributed by atoms with Crippen LogP contribution in [0.25, 0.3) is 0 Å². The molecule has 0 aromatic rings. The van der Waals surface area contributed by atoms with Gasteiger partial charge in [0.05, 0.1) is 13.7 Å². The molecule has 0 aromatic carbocycles. The Hall–Kier alpha value is -1.26. The first-order valence-electron chi connectivity index (χ1n) is 6.16. The number of alkyl carbamates (subject to hydrolysis) is 1. The Labute approximate surface area is 103 Å². The summed E-state index contributed by atoms with van der Waals surface area (Å²) in [6.07, 6.45) is 3.61. The maximum atomic E-state index is 11.7. The topological polar surface area (TPSA) is 64.6 Å². The van der Waals surface area contributed by atoms with Crippen molar-refractivity contribution in [2.24, 2.45) is 0 Å². The average Bonchev–Trinajstić information content (AvgIpc) is 2.34. The lowest BCUT2D eigenvalue weighted by molar-refractivity contribution is -0.146. The van der Waals surface area contributed by atoms with E-state index >= 15 is 0 Å². The van der Waals surface area contributed by atoms with Crippen LogP contribution < -0.4 is 5.32 Å². The number of nitrogens with one attached hydrogen (secondary N) is 1. The Morgan fingerprint density at radius 2 is 1.82 bits per heavy atom. The van der Waals surface area contributed by atoms with E-state index in [1.807, 2.05) is 13.8 Å². The van der Waals surface area contributed by atoms with Gasteiger partial charge in [0.2, 0.25) is 0 Å². The molecular weight excluding hydrogens is 222 g/mol. The predicted octanol–water partition coefficient (Wildman–Crippen LogP) is 2.24. The molecule has 5 nitrogen and oxygen atoms in total. The number of carbonyl (C=O) groups is 2. The van der Waals surface area contributed by atoms with E-state index in [1.54, 1.807) is 0 Å². The van der Waals surface area contributed by atoms with Crippen LogP contribution >= 0.6 is 0 Å². The molecule has 100 valence electrons. The van der Waals surface area contributed by atoms with Crippen LogP contribution in [0.1, 0.15) is 46.0 Å². The van der Waals surface area contributed by atoms with Crippen molar-refractivity contribution in [2.45, 2.75) is 52.0 Å². The molecule has 0 aromatic heterocycles. The molecule has 1 unspecified atom stereocenters. The summed E-state index contributed by atoms with van der Waals surface area (Å²) in [7, 11) is 1.27. The van der Waals surface area contributed by atoms with Crippen molar-refractivity contribution >= 4 is 12.1 Å². The zero-order valence-electron chi connectivity index (χ0n) is 11.0. The van der Waals surface area contributed by atoms with Crippen LogP contribution in [0.5, 0.6) is 0 Å². The van der Waals surface area contributed by atoms with E-state index in [2.05, 4.69) is 10.1 Å². The monoisotopic (exact) mass is 245 g/mol. The van der Waals surface area contributed by atoms with Gasteiger partial charge in [0.1, 0.15) is 6.04 Å². The van der Waals surface area contributed by atoms with Gasteiger partial charge in [-0.05, 0) is 12.8 Å². The van der Waals surface area contributed by atoms with Gasteiger partial charge in [-0.15, -0.1) is 0 Å². The third-order valence-electron chi connectivity index (χ3n) is 2.35. The Balaban J connectivity index is 4.14. The van der Waals surface area contributed by atoms with Gasteiger partial charge in [0.15, 0.2) is 0 Å². The van der Waals surface area contributed by atoms with Gasteiger partial charge in [0.25, 0.3) is 0 Å². The van der Waals surface area contributed by atoms with E-state index in [9.17, 15) is 9.59 Å². The van der Waals surface area contributed by atoms with Gasteiger partial charge < -0.3 is 14.8 Å². The Bertz CT molecular complexity index is 231. The summed E-state index contributed by atoms with van der Waals surface area (Å²) < 4.78 is 9.56. The molecule has 0 aliphatic heterocycles. The van der Waals surface area contributed by atoms with Crippen LogP contribution in [-0.2, 0) is 14.3 Å². The average molecular weight is 245 g/mol. The van der Waals surface area contributed by atoms with Crippen LogP contribution in [0.2, 0.25) is 0 Å². The van der Waals surface area contributed by atoms with Crippen LogP contribution in [0.3, 0.4) is 0 Å². The zero-order chi connectivity index (χ0) is 13.1. The summed E-state index contributed by atoms with van der Waals surface area (Å²) in [6.45, 7) is 4.45. The Kier molecular flexibility index (Phi) is 9.19. The second-order valence-corrected chi connectivity index (χ2v) is 3.85. The van der Waals surface area contributed by atoms with Crippen molar-refractivity contribution in [3.05, 3.63) is 0 Å². The standard InChI is InChI=1S/C12H23NO4/c1-4-6-8-10(13-12(15)16-3)11(14)17-9-7-5-2/h10H,4-9H2,1-3H3,(H,13,15). The summed E-state index contributed by atoms with van der Waals surface area (Å²) in [5.41, 5.74) is 0. The molecule has 0 aliphatic carbocycles. The molecule has 0 saturated heterocycles. The smallest absolute Gasteiger partial charge is 0.407 e. The van der Waals surface area contributed by atoms with Crippen molar-refractivity contribution in [1.82, 2.24) is 5.32 Å². The lowest BCUT2D eigenvalue weighted by Gasteiger charge is -2.16. The third kappa shape index (κ3) is 7.60. The highest BCUT2D eigenvalue weighted by molar-refractivity contribution is 5.81. The van der Waals surface area contributed by atoms with Gasteiger partial charge in [-0.1, -0.05) is 33.1 Å². The fourth-order valence-corrected chi connectivity index (χ4v) is 1.28. The maximum absolute atomic E-state index is 11.7. The van der Waals surface area contributed by atoms with Gasteiger partial charge in [0, 0.05) is 0 Å². The largest absolute Gasteiger partial charge is 0.464 e. The second-order valence-electron chi connectivity index (χ2n) is 3.85. The SMILES string of the molecule is CCCCOC(=O)C(CCCC)NC(=O)OC. The van der Waals surface area contributed by atoms with Crippen molar-refractivity contribution in [3.63, 3.8) is 0 Å². The fraction of sp³-hybridized carbons (Fsp3) is 0.833. The minimum absolute atomic E-state index is 0.377. The molecule has 0 spiro atoms. The summed E-state index contributed by atoms with van der Waals surface area (Å²) >= 11 is 0.